The zero-order valence-corrected chi connectivity index (χ0v) is 11.8. The van der Waals surface area contributed by atoms with Crippen LogP contribution < -0.4 is 5.32 Å². The molecule has 104 valence electrons. The summed E-state index contributed by atoms with van der Waals surface area (Å²) in [6.07, 6.45) is 8.18. The van der Waals surface area contributed by atoms with E-state index in [1.807, 2.05) is 0 Å². The van der Waals surface area contributed by atoms with Crippen LogP contribution in [0.2, 0.25) is 0 Å². The van der Waals surface area contributed by atoms with E-state index in [0.29, 0.717) is 0 Å². The Morgan fingerprint density at radius 1 is 1.05 bits per heavy atom. The number of likely N-dealkylation sites (tertiary alicyclic amines) is 1. The van der Waals surface area contributed by atoms with Gasteiger partial charge in [-0.15, -0.1) is 0 Å². The molecule has 2 heterocycles. The van der Waals surface area contributed by atoms with Crippen LogP contribution in [0, 0.1) is 0 Å². The molecule has 1 saturated heterocycles. The SMILES string of the molecule is c1cc(CNC2CC2)nc(CN2CCCCCC2)c1. The van der Waals surface area contributed by atoms with E-state index in [1.54, 1.807) is 0 Å². The molecule has 1 aliphatic heterocycles. The van der Waals surface area contributed by atoms with Gasteiger partial charge in [0.05, 0.1) is 11.4 Å². The summed E-state index contributed by atoms with van der Waals surface area (Å²) in [5.74, 6) is 0. The first-order valence-electron chi connectivity index (χ1n) is 7.81. The molecule has 2 fully saturated rings. The minimum Gasteiger partial charge on any atom is -0.308 e. The fourth-order valence-corrected chi connectivity index (χ4v) is 2.78. The number of pyridine rings is 1. The van der Waals surface area contributed by atoms with Gasteiger partial charge in [0, 0.05) is 19.1 Å². The van der Waals surface area contributed by atoms with Crippen molar-refractivity contribution in [2.75, 3.05) is 13.1 Å². The van der Waals surface area contributed by atoms with Crippen molar-refractivity contribution in [3.05, 3.63) is 29.6 Å². The number of hydrogen-bond acceptors (Lipinski definition) is 3. The summed E-state index contributed by atoms with van der Waals surface area (Å²) < 4.78 is 0. The van der Waals surface area contributed by atoms with Crippen LogP contribution in [0.25, 0.3) is 0 Å². The molecule has 0 aromatic carbocycles. The van der Waals surface area contributed by atoms with E-state index < -0.39 is 0 Å². The van der Waals surface area contributed by atoms with Crippen molar-refractivity contribution in [2.45, 2.75) is 57.7 Å². The van der Waals surface area contributed by atoms with Crippen molar-refractivity contribution in [3.63, 3.8) is 0 Å². The number of aromatic nitrogens is 1. The molecule has 0 atom stereocenters. The van der Waals surface area contributed by atoms with Crippen molar-refractivity contribution >= 4 is 0 Å². The van der Waals surface area contributed by atoms with E-state index in [0.717, 1.165) is 19.1 Å². The number of nitrogens with zero attached hydrogens (tertiary/aromatic N) is 2. The lowest BCUT2D eigenvalue weighted by Gasteiger charge is -2.19. The van der Waals surface area contributed by atoms with Crippen molar-refractivity contribution in [1.82, 2.24) is 15.2 Å². The van der Waals surface area contributed by atoms with Crippen molar-refractivity contribution in [3.8, 4) is 0 Å². The molecule has 0 amide bonds. The molecular weight excluding hydrogens is 234 g/mol. The Kier molecular flexibility index (Phi) is 4.46. The van der Waals surface area contributed by atoms with E-state index >= 15 is 0 Å². The molecule has 3 rings (SSSR count). The van der Waals surface area contributed by atoms with Gasteiger partial charge >= 0.3 is 0 Å². The van der Waals surface area contributed by atoms with Gasteiger partial charge in [-0.05, 0) is 50.9 Å². The first-order chi connectivity index (χ1) is 9.40. The molecule has 0 spiro atoms. The molecule has 1 saturated carbocycles. The second-order valence-electron chi connectivity index (χ2n) is 5.97. The maximum Gasteiger partial charge on any atom is 0.0547 e. The van der Waals surface area contributed by atoms with Gasteiger partial charge in [0.25, 0.3) is 0 Å². The summed E-state index contributed by atoms with van der Waals surface area (Å²) in [7, 11) is 0. The molecular formula is C16H25N3. The summed E-state index contributed by atoms with van der Waals surface area (Å²) in [5.41, 5.74) is 2.43. The number of nitrogens with one attached hydrogen (secondary N) is 1. The highest BCUT2D eigenvalue weighted by molar-refractivity contribution is 5.11. The van der Waals surface area contributed by atoms with E-state index in [9.17, 15) is 0 Å². The monoisotopic (exact) mass is 259 g/mol. The Hall–Kier alpha value is -0.930. The van der Waals surface area contributed by atoms with Gasteiger partial charge in [0.15, 0.2) is 0 Å². The molecule has 3 heteroatoms. The fraction of sp³-hybridized carbons (Fsp3) is 0.688. The Balaban J connectivity index is 1.54. The molecule has 1 aromatic heterocycles. The highest BCUT2D eigenvalue weighted by Gasteiger charge is 2.20. The number of hydrogen-bond donors (Lipinski definition) is 1. The van der Waals surface area contributed by atoms with Gasteiger partial charge in [-0.2, -0.15) is 0 Å². The topological polar surface area (TPSA) is 28.2 Å². The Morgan fingerprint density at radius 2 is 1.79 bits per heavy atom. The summed E-state index contributed by atoms with van der Waals surface area (Å²) in [6.45, 7) is 4.44. The predicted octanol–water partition coefficient (Wildman–Crippen LogP) is 2.71. The quantitative estimate of drug-likeness (QED) is 0.881. The second kappa shape index (κ2) is 6.49. The van der Waals surface area contributed by atoms with E-state index in [4.69, 9.17) is 4.98 Å². The predicted molar refractivity (Wildman–Crippen MR) is 77.8 cm³/mol. The first kappa shape index (κ1) is 13.1. The molecule has 19 heavy (non-hydrogen) atoms. The largest absolute Gasteiger partial charge is 0.308 e. The van der Waals surface area contributed by atoms with Crippen molar-refractivity contribution in [2.24, 2.45) is 0 Å². The van der Waals surface area contributed by atoms with Crippen LogP contribution in [0.5, 0.6) is 0 Å². The summed E-state index contributed by atoms with van der Waals surface area (Å²) in [4.78, 5) is 7.36. The minimum atomic E-state index is 0.760. The van der Waals surface area contributed by atoms with Crippen molar-refractivity contribution < 1.29 is 0 Å². The van der Waals surface area contributed by atoms with Crippen molar-refractivity contribution in [1.29, 1.82) is 0 Å². The molecule has 0 unspecified atom stereocenters. The fourth-order valence-electron chi connectivity index (χ4n) is 2.78. The maximum atomic E-state index is 4.79. The normalized spacial score (nSPS) is 21.3. The average Bonchev–Trinajstić information content (AvgIpc) is 3.25. The van der Waals surface area contributed by atoms with Gasteiger partial charge in [-0.25, -0.2) is 0 Å². The van der Waals surface area contributed by atoms with Crippen LogP contribution >= 0.6 is 0 Å². The standard InChI is InChI=1S/C16H25N3/c1-2-4-11-19(10-3-1)13-16-7-5-6-15(18-16)12-17-14-8-9-14/h5-7,14,17H,1-4,8-13H2. The molecule has 2 aliphatic rings. The third kappa shape index (κ3) is 4.29. The molecule has 0 bridgehead atoms. The molecule has 3 nitrogen and oxygen atoms in total. The van der Waals surface area contributed by atoms with E-state index in [-0.39, 0.29) is 0 Å². The summed E-state index contributed by atoms with van der Waals surface area (Å²) in [5, 5.41) is 3.54. The molecule has 1 aromatic rings. The van der Waals surface area contributed by atoms with E-state index in [1.165, 1.54) is 63.0 Å². The highest BCUT2D eigenvalue weighted by atomic mass is 15.1. The zero-order chi connectivity index (χ0) is 12.9. The molecule has 1 N–H and O–H groups in total. The highest BCUT2D eigenvalue weighted by Crippen LogP contribution is 2.19. The van der Waals surface area contributed by atoms with Gasteiger partial charge in [0.1, 0.15) is 0 Å². The average molecular weight is 259 g/mol. The number of rotatable bonds is 5. The van der Waals surface area contributed by atoms with E-state index in [2.05, 4.69) is 28.4 Å². The van der Waals surface area contributed by atoms with Crippen LogP contribution in [0.1, 0.15) is 49.9 Å². The van der Waals surface area contributed by atoms with Crippen LogP contribution in [0.4, 0.5) is 0 Å². The van der Waals surface area contributed by atoms with Crippen LogP contribution in [-0.2, 0) is 13.1 Å². The zero-order valence-electron chi connectivity index (χ0n) is 11.8. The first-order valence-corrected chi connectivity index (χ1v) is 7.81. The van der Waals surface area contributed by atoms with Crippen LogP contribution in [-0.4, -0.2) is 29.0 Å². The third-order valence-corrected chi connectivity index (χ3v) is 4.10. The lowest BCUT2D eigenvalue weighted by Crippen LogP contribution is -2.25. The molecule has 1 aliphatic carbocycles. The maximum absolute atomic E-state index is 4.79. The second-order valence-corrected chi connectivity index (χ2v) is 5.97. The Labute approximate surface area is 116 Å². The van der Waals surface area contributed by atoms with Crippen LogP contribution in [0.3, 0.4) is 0 Å². The minimum absolute atomic E-state index is 0.760. The smallest absolute Gasteiger partial charge is 0.0547 e. The van der Waals surface area contributed by atoms with Gasteiger partial charge < -0.3 is 5.32 Å². The van der Waals surface area contributed by atoms with Gasteiger partial charge in [0.2, 0.25) is 0 Å². The Bertz CT molecular complexity index is 393. The van der Waals surface area contributed by atoms with Gasteiger partial charge in [-0.1, -0.05) is 18.9 Å². The molecule has 0 radical (unpaired) electrons. The van der Waals surface area contributed by atoms with Gasteiger partial charge in [-0.3, -0.25) is 9.88 Å². The lowest BCUT2D eigenvalue weighted by molar-refractivity contribution is 0.273. The summed E-state index contributed by atoms with van der Waals surface area (Å²) in [6, 6.07) is 7.23. The lowest BCUT2D eigenvalue weighted by atomic mass is 10.2. The summed E-state index contributed by atoms with van der Waals surface area (Å²) >= 11 is 0. The van der Waals surface area contributed by atoms with Crippen LogP contribution in [0.15, 0.2) is 18.2 Å². The third-order valence-electron chi connectivity index (χ3n) is 4.10. The Morgan fingerprint density at radius 3 is 2.53 bits per heavy atom.